The maximum atomic E-state index is 12.6. The fourth-order valence-corrected chi connectivity index (χ4v) is 4.61. The number of hydrogen-bond donors (Lipinski definition) is 1. The molecule has 0 unspecified atom stereocenters. The molecular formula is C18H25N3O3S. The molecule has 136 valence electrons. The fourth-order valence-electron chi connectivity index (χ4n) is 3.10. The van der Waals surface area contributed by atoms with Crippen molar-refractivity contribution in [1.29, 1.82) is 0 Å². The number of morpholine rings is 1. The number of sulfonamides is 1. The smallest absolute Gasteiger partial charge is 0.264 e. The summed E-state index contributed by atoms with van der Waals surface area (Å²) in [5, 5.41) is 0. The Kier molecular flexibility index (Phi) is 5.27. The number of amidine groups is 1. The molecule has 3 rings (SSSR count). The maximum Gasteiger partial charge on any atom is 0.264 e. The van der Waals surface area contributed by atoms with Crippen LogP contribution in [0.3, 0.4) is 0 Å². The molecule has 1 fully saturated rings. The van der Waals surface area contributed by atoms with Gasteiger partial charge in [0.2, 0.25) is 0 Å². The summed E-state index contributed by atoms with van der Waals surface area (Å²) < 4.78 is 33.1. The molecule has 25 heavy (non-hydrogen) atoms. The van der Waals surface area contributed by atoms with Gasteiger partial charge in [-0.05, 0) is 37.5 Å². The molecule has 0 radical (unpaired) electrons. The third-order valence-electron chi connectivity index (χ3n) is 4.75. The largest absolute Gasteiger partial charge is 0.379 e. The van der Waals surface area contributed by atoms with Crippen molar-refractivity contribution in [3.05, 3.63) is 40.5 Å². The third kappa shape index (κ3) is 3.94. The summed E-state index contributed by atoms with van der Waals surface area (Å²) in [6.07, 6.45) is 0. The normalized spacial score (nSPS) is 22.4. The van der Waals surface area contributed by atoms with E-state index in [2.05, 4.69) is 14.6 Å². The molecule has 1 N–H and O–H groups in total. The summed E-state index contributed by atoms with van der Waals surface area (Å²) in [5.41, 5.74) is 3.62. The molecule has 1 saturated heterocycles. The highest BCUT2D eigenvalue weighted by atomic mass is 32.2. The topological polar surface area (TPSA) is 71.0 Å². The fraction of sp³-hybridized carbons (Fsp3) is 0.500. The van der Waals surface area contributed by atoms with Crippen LogP contribution in [-0.4, -0.2) is 58.5 Å². The van der Waals surface area contributed by atoms with Crippen molar-refractivity contribution in [2.24, 2.45) is 4.99 Å². The molecular weight excluding hydrogens is 338 g/mol. The van der Waals surface area contributed by atoms with E-state index in [4.69, 9.17) is 4.74 Å². The van der Waals surface area contributed by atoms with Gasteiger partial charge in [-0.25, -0.2) is 8.42 Å². The third-order valence-corrected chi connectivity index (χ3v) is 6.30. The van der Waals surface area contributed by atoms with Gasteiger partial charge < -0.3 is 4.74 Å². The number of aryl methyl sites for hydroxylation is 2. The van der Waals surface area contributed by atoms with E-state index in [9.17, 15) is 8.42 Å². The number of ether oxygens (including phenoxy) is 1. The Hall–Kier alpha value is -1.70. The van der Waals surface area contributed by atoms with Crippen LogP contribution in [0.2, 0.25) is 0 Å². The molecule has 0 saturated carbocycles. The molecule has 0 aromatic heterocycles. The predicted molar refractivity (Wildman–Crippen MR) is 100 cm³/mol. The number of nitrogens with one attached hydrogen (secondary N) is 1. The number of benzene rings is 1. The lowest BCUT2D eigenvalue weighted by Gasteiger charge is -2.25. The van der Waals surface area contributed by atoms with Crippen molar-refractivity contribution < 1.29 is 13.2 Å². The summed E-state index contributed by atoms with van der Waals surface area (Å²) in [5.74, 6) is 0.460. The van der Waals surface area contributed by atoms with Gasteiger partial charge in [0, 0.05) is 25.2 Å². The quantitative estimate of drug-likeness (QED) is 0.884. The summed E-state index contributed by atoms with van der Waals surface area (Å²) in [4.78, 5) is 7.11. The molecule has 2 aliphatic rings. The molecule has 0 spiro atoms. The van der Waals surface area contributed by atoms with Gasteiger partial charge in [-0.15, -0.1) is 0 Å². The van der Waals surface area contributed by atoms with E-state index >= 15 is 0 Å². The second-order valence-corrected chi connectivity index (χ2v) is 8.16. The van der Waals surface area contributed by atoms with Crippen molar-refractivity contribution in [2.75, 3.05) is 39.4 Å². The molecule has 6 nitrogen and oxygen atoms in total. The first kappa shape index (κ1) is 18.1. The number of rotatable bonds is 4. The average Bonchev–Trinajstić information content (AvgIpc) is 2.80. The first-order valence-corrected chi connectivity index (χ1v) is 10.0. The Morgan fingerprint density at radius 3 is 2.56 bits per heavy atom. The Morgan fingerprint density at radius 2 is 1.88 bits per heavy atom. The van der Waals surface area contributed by atoms with E-state index < -0.39 is 10.0 Å². The molecule has 1 aromatic rings. The monoisotopic (exact) mass is 363 g/mol. The second-order valence-electron chi connectivity index (χ2n) is 6.54. The van der Waals surface area contributed by atoms with E-state index in [1.165, 1.54) is 0 Å². The molecule has 0 amide bonds. The highest BCUT2D eigenvalue weighted by Crippen LogP contribution is 2.30. The van der Waals surface area contributed by atoms with Crippen LogP contribution in [0.1, 0.15) is 23.6 Å². The molecule has 2 aliphatic heterocycles. The van der Waals surface area contributed by atoms with Crippen LogP contribution in [0.15, 0.2) is 28.8 Å². The molecule has 0 atom stereocenters. The first-order chi connectivity index (χ1) is 11.9. The maximum absolute atomic E-state index is 12.6. The van der Waals surface area contributed by atoms with Crippen molar-refractivity contribution in [3.8, 4) is 0 Å². The van der Waals surface area contributed by atoms with Gasteiger partial charge in [-0.3, -0.25) is 14.6 Å². The minimum absolute atomic E-state index is 0.334. The van der Waals surface area contributed by atoms with Crippen molar-refractivity contribution in [3.63, 3.8) is 0 Å². The van der Waals surface area contributed by atoms with E-state index in [1.807, 2.05) is 39.0 Å². The minimum Gasteiger partial charge on any atom is -0.379 e. The zero-order chi connectivity index (χ0) is 18.0. The lowest BCUT2D eigenvalue weighted by atomic mass is 10.0. The van der Waals surface area contributed by atoms with E-state index in [0.29, 0.717) is 28.4 Å². The van der Waals surface area contributed by atoms with E-state index in [0.717, 1.165) is 44.0 Å². The SMILES string of the molecule is CC1=C(c2ccc(C)c(C)c2)S(=O)(=O)NC1=NCCN1CCOCC1. The highest BCUT2D eigenvalue weighted by molar-refractivity contribution is 8.00. The van der Waals surface area contributed by atoms with Crippen LogP contribution >= 0.6 is 0 Å². The second kappa shape index (κ2) is 7.27. The Balaban J connectivity index is 1.81. The lowest BCUT2D eigenvalue weighted by molar-refractivity contribution is 0.0394. The summed E-state index contributed by atoms with van der Waals surface area (Å²) in [6, 6.07) is 5.73. The van der Waals surface area contributed by atoms with Gasteiger partial charge >= 0.3 is 0 Å². The van der Waals surface area contributed by atoms with Gasteiger partial charge in [-0.1, -0.05) is 18.2 Å². The van der Waals surface area contributed by atoms with E-state index in [1.54, 1.807) is 0 Å². The molecule has 0 aliphatic carbocycles. The molecule has 1 aromatic carbocycles. The summed E-state index contributed by atoms with van der Waals surface area (Å²) >= 11 is 0. The lowest BCUT2D eigenvalue weighted by Crippen LogP contribution is -2.38. The zero-order valence-corrected chi connectivity index (χ0v) is 15.8. The van der Waals surface area contributed by atoms with Gasteiger partial charge in [-0.2, -0.15) is 0 Å². The molecule has 2 heterocycles. The Labute approximate surface area is 149 Å². The van der Waals surface area contributed by atoms with Crippen LogP contribution in [0.4, 0.5) is 0 Å². The van der Waals surface area contributed by atoms with Gasteiger partial charge in [0.15, 0.2) is 0 Å². The number of aliphatic imine (C=N–C) groups is 1. The number of nitrogens with zero attached hydrogens (tertiary/aromatic N) is 2. The predicted octanol–water partition coefficient (Wildman–Crippen LogP) is 1.70. The van der Waals surface area contributed by atoms with Gasteiger partial charge in [0.05, 0.1) is 19.8 Å². The van der Waals surface area contributed by atoms with Crippen molar-refractivity contribution >= 4 is 20.8 Å². The van der Waals surface area contributed by atoms with Crippen LogP contribution in [-0.2, 0) is 14.8 Å². The van der Waals surface area contributed by atoms with Crippen LogP contribution in [0, 0.1) is 13.8 Å². The minimum atomic E-state index is -3.56. The standard InChI is InChI=1S/C18H25N3O3S/c1-13-4-5-16(12-14(13)2)17-15(3)18(20-25(17,22)23)19-6-7-21-8-10-24-11-9-21/h4-5,12H,6-11H2,1-3H3,(H,19,20). The van der Waals surface area contributed by atoms with Crippen LogP contribution in [0.25, 0.3) is 4.91 Å². The first-order valence-electron chi connectivity index (χ1n) is 8.55. The average molecular weight is 363 g/mol. The Morgan fingerprint density at radius 1 is 1.16 bits per heavy atom. The van der Waals surface area contributed by atoms with Crippen LogP contribution in [0.5, 0.6) is 0 Å². The summed E-state index contributed by atoms with van der Waals surface area (Å²) in [6.45, 7) is 10.5. The Bertz CT molecular complexity index is 822. The molecule has 7 heteroatoms. The number of hydrogen-bond acceptors (Lipinski definition) is 5. The van der Waals surface area contributed by atoms with Gasteiger partial charge in [0.25, 0.3) is 10.0 Å². The van der Waals surface area contributed by atoms with E-state index in [-0.39, 0.29) is 0 Å². The van der Waals surface area contributed by atoms with Crippen molar-refractivity contribution in [2.45, 2.75) is 20.8 Å². The zero-order valence-electron chi connectivity index (χ0n) is 15.0. The van der Waals surface area contributed by atoms with Crippen molar-refractivity contribution in [1.82, 2.24) is 9.62 Å². The molecule has 0 bridgehead atoms. The highest BCUT2D eigenvalue weighted by Gasteiger charge is 2.32. The van der Waals surface area contributed by atoms with Crippen LogP contribution < -0.4 is 4.72 Å². The summed E-state index contributed by atoms with van der Waals surface area (Å²) in [7, 11) is -3.56. The van der Waals surface area contributed by atoms with Gasteiger partial charge in [0.1, 0.15) is 10.7 Å².